The second-order valence-electron chi connectivity index (χ2n) is 8.79. The van der Waals surface area contributed by atoms with E-state index in [2.05, 4.69) is 32.4 Å². The van der Waals surface area contributed by atoms with E-state index in [4.69, 9.17) is 17.3 Å². The van der Waals surface area contributed by atoms with Crippen LogP contribution in [0.1, 0.15) is 32.7 Å². The van der Waals surface area contributed by atoms with Crippen LogP contribution in [0.2, 0.25) is 5.02 Å². The molecule has 1 aliphatic heterocycles. The van der Waals surface area contributed by atoms with Crippen molar-refractivity contribution >= 4 is 35.1 Å². The normalized spacial score (nSPS) is 12.2. The van der Waals surface area contributed by atoms with Gasteiger partial charge >= 0.3 is 0 Å². The zero-order chi connectivity index (χ0) is 26.8. The van der Waals surface area contributed by atoms with Gasteiger partial charge in [-0.2, -0.15) is 0 Å². The van der Waals surface area contributed by atoms with Crippen LogP contribution < -0.4 is 16.4 Å². The Bertz CT molecular complexity index is 1650. The van der Waals surface area contributed by atoms with E-state index < -0.39 is 0 Å². The Kier molecular flexibility index (Phi) is 6.73. The highest BCUT2D eigenvalue weighted by atomic mass is 35.5. The molecule has 3 heterocycles. The molecule has 0 radical (unpaired) electrons. The minimum Gasteiger partial charge on any atom is -0.506 e. The summed E-state index contributed by atoms with van der Waals surface area (Å²) in [5, 5.41) is 15.3. The van der Waals surface area contributed by atoms with Gasteiger partial charge in [-0.25, -0.2) is 9.97 Å². The fraction of sp³-hybridized carbons (Fsp3) is 0.143. The summed E-state index contributed by atoms with van der Waals surface area (Å²) in [5.74, 6) is 5.95. The number of nitrogens with one attached hydrogen (secondary N) is 2. The number of nitrogens with two attached hydrogens (primary N) is 1. The van der Waals surface area contributed by atoms with Crippen molar-refractivity contribution in [3.05, 3.63) is 87.7 Å². The second-order valence-corrected chi connectivity index (χ2v) is 9.19. The molecule has 10 heteroatoms. The molecule has 0 saturated carbocycles. The first-order chi connectivity index (χ1) is 18.3. The highest BCUT2D eigenvalue weighted by Gasteiger charge is 2.24. The molecule has 0 unspecified atom stereocenters. The predicted molar refractivity (Wildman–Crippen MR) is 145 cm³/mol. The number of phenols is 1. The number of carbonyl (C=O) groups is 2. The molecule has 0 saturated heterocycles. The lowest BCUT2D eigenvalue weighted by molar-refractivity contribution is -0.115. The number of benzene rings is 2. The smallest absolute Gasteiger partial charge is 0.253 e. The molecule has 2 amide bonds. The van der Waals surface area contributed by atoms with Crippen molar-refractivity contribution in [3.63, 3.8) is 0 Å². The van der Waals surface area contributed by atoms with E-state index >= 15 is 0 Å². The third kappa shape index (κ3) is 5.16. The molecule has 0 bridgehead atoms. The molecule has 0 spiro atoms. The standard InChI is InChI=1S/C28H23ClN6O3/c1-35-22-9-10-31-27(38)20(22)14-23(35)26-18(15-32-28(30)34-26)6-5-16-3-2-4-17(11-16)12-25(37)33-19-7-8-24(36)21(29)13-19/h2-4,7-8,11,13-15,36H,9-10,12H2,1H3,(H,31,38)(H,33,37)(H2,30,32,34). The highest BCUT2D eigenvalue weighted by Crippen LogP contribution is 2.28. The second kappa shape index (κ2) is 10.3. The van der Waals surface area contributed by atoms with Gasteiger partial charge in [-0.15, -0.1) is 0 Å². The van der Waals surface area contributed by atoms with Crippen LogP contribution in [-0.2, 0) is 24.7 Å². The number of hydrogen-bond donors (Lipinski definition) is 4. The summed E-state index contributed by atoms with van der Waals surface area (Å²) in [6, 6.07) is 13.6. The van der Waals surface area contributed by atoms with Crippen molar-refractivity contribution in [1.82, 2.24) is 19.9 Å². The maximum Gasteiger partial charge on any atom is 0.253 e. The average molecular weight is 527 g/mol. The SMILES string of the molecule is Cn1c(-c2nc(N)ncc2C#Cc2cccc(CC(=O)Nc3ccc(O)c(Cl)c3)c2)cc2c1CCNC2=O. The molecular formula is C28H23ClN6O3. The minimum absolute atomic E-state index is 0.0529. The third-order valence-corrected chi connectivity index (χ3v) is 6.47. The number of aromatic nitrogens is 3. The van der Waals surface area contributed by atoms with Crippen LogP contribution in [0.15, 0.2) is 54.7 Å². The van der Waals surface area contributed by atoms with E-state index in [1.165, 1.54) is 12.1 Å². The summed E-state index contributed by atoms with van der Waals surface area (Å²) >= 11 is 5.91. The van der Waals surface area contributed by atoms with Gasteiger partial charge in [-0.3, -0.25) is 9.59 Å². The maximum absolute atomic E-state index is 12.5. The fourth-order valence-electron chi connectivity index (χ4n) is 4.31. The van der Waals surface area contributed by atoms with Crippen molar-refractivity contribution in [2.45, 2.75) is 12.8 Å². The van der Waals surface area contributed by atoms with Gasteiger partial charge in [0.15, 0.2) is 0 Å². The van der Waals surface area contributed by atoms with Crippen LogP contribution in [0, 0.1) is 11.8 Å². The lowest BCUT2D eigenvalue weighted by atomic mass is 10.1. The van der Waals surface area contributed by atoms with E-state index in [9.17, 15) is 14.7 Å². The largest absolute Gasteiger partial charge is 0.506 e. The van der Waals surface area contributed by atoms with Crippen LogP contribution >= 0.6 is 11.6 Å². The Morgan fingerprint density at radius 3 is 2.87 bits per heavy atom. The van der Waals surface area contributed by atoms with Crippen LogP contribution in [-0.4, -0.2) is 38.0 Å². The Balaban J connectivity index is 1.39. The van der Waals surface area contributed by atoms with Gasteiger partial charge in [-0.05, 0) is 42.0 Å². The molecule has 1 aliphatic rings. The van der Waals surface area contributed by atoms with E-state index in [1.807, 2.05) is 35.9 Å². The summed E-state index contributed by atoms with van der Waals surface area (Å²) in [6.45, 7) is 0.582. The van der Waals surface area contributed by atoms with Gasteiger partial charge in [0.25, 0.3) is 5.91 Å². The molecule has 0 fully saturated rings. The molecule has 2 aromatic heterocycles. The first-order valence-electron chi connectivity index (χ1n) is 11.8. The van der Waals surface area contributed by atoms with E-state index in [1.54, 1.807) is 18.3 Å². The molecule has 0 aliphatic carbocycles. The lowest BCUT2D eigenvalue weighted by Gasteiger charge is -2.14. The molecule has 9 nitrogen and oxygen atoms in total. The Morgan fingerprint density at radius 1 is 1.24 bits per heavy atom. The van der Waals surface area contributed by atoms with Crippen LogP contribution in [0.3, 0.4) is 0 Å². The zero-order valence-electron chi connectivity index (χ0n) is 20.4. The van der Waals surface area contributed by atoms with Crippen LogP contribution in [0.25, 0.3) is 11.4 Å². The number of aromatic hydroxyl groups is 1. The van der Waals surface area contributed by atoms with Crippen molar-refractivity contribution in [2.75, 3.05) is 17.6 Å². The summed E-state index contributed by atoms with van der Waals surface area (Å²) in [7, 11) is 1.89. The van der Waals surface area contributed by atoms with Gasteiger partial charge < -0.3 is 26.0 Å². The molecule has 5 rings (SSSR count). The number of halogens is 1. The van der Waals surface area contributed by atoms with Crippen molar-refractivity contribution in [2.24, 2.45) is 7.05 Å². The predicted octanol–water partition coefficient (Wildman–Crippen LogP) is 3.29. The third-order valence-electron chi connectivity index (χ3n) is 6.16. The monoisotopic (exact) mass is 526 g/mol. The van der Waals surface area contributed by atoms with Crippen LogP contribution in [0.5, 0.6) is 5.75 Å². The Morgan fingerprint density at radius 2 is 2.08 bits per heavy atom. The van der Waals surface area contributed by atoms with Crippen LogP contribution in [0.4, 0.5) is 11.6 Å². The molecule has 4 aromatic rings. The molecule has 0 atom stereocenters. The van der Waals surface area contributed by atoms with Gasteiger partial charge in [0.05, 0.1) is 28.3 Å². The molecule has 2 aromatic carbocycles. The number of carbonyl (C=O) groups excluding carboxylic acids is 2. The van der Waals surface area contributed by atoms with Crippen molar-refractivity contribution in [1.29, 1.82) is 0 Å². The molecular weight excluding hydrogens is 504 g/mol. The summed E-state index contributed by atoms with van der Waals surface area (Å²) in [6.07, 6.45) is 2.41. The first kappa shape index (κ1) is 24.9. The number of hydrogen-bond acceptors (Lipinski definition) is 6. The summed E-state index contributed by atoms with van der Waals surface area (Å²) in [5.41, 5.74) is 11.2. The quantitative estimate of drug-likeness (QED) is 0.238. The number of phenolic OH excluding ortho intramolecular Hbond substituents is 1. The van der Waals surface area contributed by atoms with Crippen molar-refractivity contribution < 1.29 is 14.7 Å². The maximum atomic E-state index is 12.5. The highest BCUT2D eigenvalue weighted by molar-refractivity contribution is 6.32. The number of fused-ring (bicyclic) bond motifs is 1. The Hall–Kier alpha value is -4.81. The number of nitrogens with zero attached hydrogens (tertiary/aromatic N) is 3. The minimum atomic E-state index is -0.234. The Labute approximate surface area is 223 Å². The number of rotatable bonds is 4. The van der Waals surface area contributed by atoms with Crippen molar-refractivity contribution in [3.8, 4) is 29.0 Å². The lowest BCUT2D eigenvalue weighted by Crippen LogP contribution is -2.31. The van der Waals surface area contributed by atoms with E-state index in [0.717, 1.165) is 23.4 Å². The molecule has 5 N–H and O–H groups in total. The topological polar surface area (TPSA) is 135 Å². The number of nitrogen functional groups attached to an aromatic ring is 1. The van der Waals surface area contributed by atoms with Gasteiger partial charge in [0, 0.05) is 43.2 Å². The van der Waals surface area contributed by atoms with Gasteiger partial charge in [0.1, 0.15) is 11.4 Å². The first-order valence-corrected chi connectivity index (χ1v) is 12.2. The van der Waals surface area contributed by atoms with E-state index in [0.29, 0.717) is 34.6 Å². The summed E-state index contributed by atoms with van der Waals surface area (Å²) < 4.78 is 1.95. The number of anilines is 2. The zero-order valence-corrected chi connectivity index (χ0v) is 21.1. The van der Waals surface area contributed by atoms with E-state index in [-0.39, 0.29) is 35.0 Å². The molecule has 38 heavy (non-hydrogen) atoms. The number of amides is 2. The van der Waals surface area contributed by atoms with Gasteiger partial charge in [0.2, 0.25) is 11.9 Å². The fourth-order valence-corrected chi connectivity index (χ4v) is 4.50. The van der Waals surface area contributed by atoms with Gasteiger partial charge in [-0.1, -0.05) is 35.6 Å². The summed E-state index contributed by atoms with van der Waals surface area (Å²) in [4.78, 5) is 33.4. The molecule has 190 valence electrons. The average Bonchev–Trinajstić information content (AvgIpc) is 3.23.